The lowest BCUT2D eigenvalue weighted by Crippen LogP contribution is -1.94. The van der Waals surface area contributed by atoms with Crippen LogP contribution in [0.4, 0.5) is 5.69 Å². The molecule has 7 aromatic rings. The van der Waals surface area contributed by atoms with Gasteiger partial charge in [-0.15, -0.1) is 0 Å². The van der Waals surface area contributed by atoms with Crippen LogP contribution in [0.25, 0.3) is 72.2 Å². The first-order valence-electron chi connectivity index (χ1n) is 13.0. The number of phenolic OH excluding ortho intramolecular Hbond substituents is 1. The first kappa shape index (κ1) is 23.6. The topological polar surface area (TPSA) is 84.2 Å². The maximum Gasteiger partial charge on any atom is 0.151 e. The van der Waals surface area contributed by atoms with Crippen LogP contribution in [0.1, 0.15) is 12.5 Å². The molecule has 0 amide bonds. The second-order valence-electron chi connectivity index (χ2n) is 9.56. The number of hydrogen-bond acceptors (Lipinski definition) is 6. The fourth-order valence-corrected chi connectivity index (χ4v) is 5.33. The molecule has 6 heteroatoms. The molecule has 0 unspecified atom stereocenters. The third kappa shape index (κ3) is 3.69. The van der Waals surface area contributed by atoms with E-state index >= 15 is 0 Å². The fourth-order valence-electron chi connectivity index (χ4n) is 5.33. The molecule has 0 saturated heterocycles. The number of allylic oxidation sites excluding steroid dienone is 1. The van der Waals surface area contributed by atoms with Gasteiger partial charge in [0.15, 0.2) is 5.75 Å². The quantitative estimate of drug-likeness (QED) is 0.188. The van der Waals surface area contributed by atoms with E-state index in [9.17, 15) is 5.11 Å². The van der Waals surface area contributed by atoms with E-state index in [1.807, 2.05) is 79.7 Å². The van der Waals surface area contributed by atoms with Gasteiger partial charge in [0.25, 0.3) is 0 Å². The van der Waals surface area contributed by atoms with Crippen molar-refractivity contribution in [2.75, 3.05) is 0 Å². The van der Waals surface area contributed by atoms with Gasteiger partial charge < -0.3 is 5.11 Å². The number of aliphatic imine (C=N–C) groups is 1. The van der Waals surface area contributed by atoms with Gasteiger partial charge in [0, 0.05) is 50.6 Å². The van der Waals surface area contributed by atoms with Gasteiger partial charge in [-0.3, -0.25) is 15.0 Å². The van der Waals surface area contributed by atoms with Crippen molar-refractivity contribution in [1.82, 2.24) is 19.9 Å². The molecule has 0 spiro atoms. The van der Waals surface area contributed by atoms with Crippen molar-refractivity contribution in [2.45, 2.75) is 6.92 Å². The predicted molar refractivity (Wildman–Crippen MR) is 164 cm³/mol. The average molecular weight is 518 g/mol. The van der Waals surface area contributed by atoms with Crippen LogP contribution in [0.15, 0.2) is 102 Å². The molecule has 190 valence electrons. The van der Waals surface area contributed by atoms with E-state index in [1.54, 1.807) is 12.4 Å². The molecule has 7 rings (SSSR count). The van der Waals surface area contributed by atoms with Crippen LogP contribution >= 0.6 is 0 Å². The van der Waals surface area contributed by atoms with Crippen LogP contribution in [0.5, 0.6) is 5.75 Å². The van der Waals surface area contributed by atoms with Crippen LogP contribution in [0, 0.1) is 0 Å². The lowest BCUT2D eigenvalue weighted by Gasteiger charge is -2.14. The van der Waals surface area contributed by atoms with Crippen LogP contribution < -0.4 is 0 Å². The van der Waals surface area contributed by atoms with Crippen LogP contribution in [-0.4, -0.2) is 31.8 Å². The summed E-state index contributed by atoms with van der Waals surface area (Å²) in [5, 5.41) is 15.2. The van der Waals surface area contributed by atoms with Crippen molar-refractivity contribution < 1.29 is 5.11 Å². The van der Waals surface area contributed by atoms with Crippen LogP contribution in [0.3, 0.4) is 0 Å². The Kier molecular flexibility index (Phi) is 5.53. The molecule has 0 bridgehead atoms. The highest BCUT2D eigenvalue weighted by Crippen LogP contribution is 2.41. The third-order valence-electron chi connectivity index (χ3n) is 7.22. The Morgan fingerprint density at radius 1 is 0.700 bits per heavy atom. The summed E-state index contributed by atoms with van der Waals surface area (Å²) in [6.07, 6.45) is 7.41. The summed E-state index contributed by atoms with van der Waals surface area (Å²) in [4.78, 5) is 23.5. The van der Waals surface area contributed by atoms with E-state index in [2.05, 4.69) is 39.9 Å². The van der Waals surface area contributed by atoms with Crippen LogP contribution in [-0.2, 0) is 0 Å². The smallest absolute Gasteiger partial charge is 0.151 e. The highest BCUT2D eigenvalue weighted by Gasteiger charge is 2.18. The number of rotatable bonds is 4. The number of benzene rings is 3. The van der Waals surface area contributed by atoms with Gasteiger partial charge >= 0.3 is 0 Å². The van der Waals surface area contributed by atoms with Crippen molar-refractivity contribution in [3.8, 4) is 28.3 Å². The summed E-state index contributed by atoms with van der Waals surface area (Å²) < 4.78 is 0. The van der Waals surface area contributed by atoms with Gasteiger partial charge in [0.05, 0.1) is 33.6 Å². The Morgan fingerprint density at radius 2 is 1.32 bits per heavy atom. The first-order chi connectivity index (χ1) is 19.7. The van der Waals surface area contributed by atoms with E-state index in [-0.39, 0.29) is 5.75 Å². The Hall–Kier alpha value is -5.49. The number of hydrogen-bond donors (Lipinski definition) is 1. The maximum absolute atomic E-state index is 11.4. The van der Waals surface area contributed by atoms with Gasteiger partial charge in [0.2, 0.25) is 0 Å². The summed E-state index contributed by atoms with van der Waals surface area (Å²) in [6.45, 7) is 5.75. The van der Waals surface area contributed by atoms with Crippen molar-refractivity contribution >= 4 is 62.1 Å². The second kappa shape index (κ2) is 9.36. The molecule has 4 heterocycles. The van der Waals surface area contributed by atoms with E-state index in [0.29, 0.717) is 28.0 Å². The monoisotopic (exact) mass is 517 g/mol. The highest BCUT2D eigenvalue weighted by molar-refractivity contribution is 6.06. The molecular weight excluding hydrogens is 494 g/mol. The summed E-state index contributed by atoms with van der Waals surface area (Å²) in [5.74, 6) is 0.0665. The largest absolute Gasteiger partial charge is 0.505 e. The van der Waals surface area contributed by atoms with Crippen molar-refractivity contribution in [3.63, 3.8) is 0 Å². The predicted octanol–water partition coefficient (Wildman–Crippen LogP) is 8.28. The molecule has 6 nitrogen and oxygen atoms in total. The van der Waals surface area contributed by atoms with E-state index < -0.39 is 0 Å². The van der Waals surface area contributed by atoms with Gasteiger partial charge in [-0.1, -0.05) is 60.7 Å². The minimum absolute atomic E-state index is 0.0665. The van der Waals surface area contributed by atoms with E-state index in [1.165, 1.54) is 0 Å². The normalized spacial score (nSPS) is 11.7. The summed E-state index contributed by atoms with van der Waals surface area (Å²) in [7, 11) is 0. The molecule has 0 radical (unpaired) electrons. The number of fused-ring (bicyclic) bond motifs is 5. The zero-order valence-corrected chi connectivity index (χ0v) is 21.7. The maximum atomic E-state index is 11.4. The molecule has 40 heavy (non-hydrogen) atoms. The summed E-state index contributed by atoms with van der Waals surface area (Å²) in [6, 6.07) is 25.8. The molecule has 0 aliphatic carbocycles. The number of phenols is 1. The van der Waals surface area contributed by atoms with Gasteiger partial charge in [0.1, 0.15) is 5.52 Å². The Bertz CT molecular complexity index is 2170. The lowest BCUT2D eigenvalue weighted by atomic mass is 9.97. The zero-order chi connectivity index (χ0) is 27.2. The summed E-state index contributed by atoms with van der Waals surface area (Å²) in [5.41, 5.74) is 7.28. The number of pyridine rings is 4. The molecular formula is C34H23N5O. The highest BCUT2D eigenvalue weighted by atomic mass is 16.3. The Labute approximate surface area is 230 Å². The fraction of sp³-hybridized carbons (Fsp3) is 0.0294. The molecule has 4 aromatic heterocycles. The Morgan fingerprint density at radius 3 is 2.10 bits per heavy atom. The second-order valence-corrected chi connectivity index (χ2v) is 9.56. The van der Waals surface area contributed by atoms with Crippen molar-refractivity contribution in [1.29, 1.82) is 0 Å². The minimum atomic E-state index is 0.0665. The molecule has 0 fully saturated rings. The van der Waals surface area contributed by atoms with Crippen molar-refractivity contribution in [3.05, 3.63) is 103 Å². The number of aromatic nitrogens is 4. The summed E-state index contributed by atoms with van der Waals surface area (Å²) >= 11 is 0. The van der Waals surface area contributed by atoms with Crippen LogP contribution in [0.2, 0.25) is 0 Å². The average Bonchev–Trinajstić information content (AvgIpc) is 3.01. The Balaban J connectivity index is 1.50. The van der Waals surface area contributed by atoms with E-state index in [0.717, 1.165) is 49.4 Å². The molecule has 0 aliphatic heterocycles. The molecule has 3 aromatic carbocycles. The van der Waals surface area contributed by atoms with Crippen molar-refractivity contribution in [2.24, 2.45) is 4.99 Å². The first-order valence-corrected chi connectivity index (χ1v) is 13.0. The third-order valence-corrected chi connectivity index (χ3v) is 7.22. The van der Waals surface area contributed by atoms with Gasteiger partial charge in [-0.25, -0.2) is 9.97 Å². The zero-order valence-electron chi connectivity index (χ0n) is 21.7. The number of nitrogens with zero attached hydrogens (tertiary/aromatic N) is 5. The molecule has 0 aliphatic rings. The SMILES string of the molecule is C=Nc1c(/C=C\C)ccc2ccc(-c3cc(-c4ccc5ccc6cccnc6c5n4)c4cccnc4c3O)nc12. The molecule has 0 saturated carbocycles. The number of aromatic hydroxyl groups is 1. The standard InChI is InChI=1S/C34H23N5O/c1-3-6-20-9-11-22-14-16-28(39-31(22)29(20)35-2)26-19-25(24-8-5-18-37-33(24)34(26)40)27-15-13-23-12-10-21-7-4-17-36-30(21)32(23)38-27/h3-19,40H,2H2,1H3/b6-3-. The van der Waals surface area contributed by atoms with Gasteiger partial charge in [-0.05, 0) is 44.0 Å². The van der Waals surface area contributed by atoms with E-state index in [4.69, 9.17) is 9.97 Å². The van der Waals surface area contributed by atoms with Gasteiger partial charge in [-0.2, -0.15) is 0 Å². The minimum Gasteiger partial charge on any atom is -0.505 e. The molecule has 0 atom stereocenters. The molecule has 1 N–H and O–H groups in total. The lowest BCUT2D eigenvalue weighted by molar-refractivity contribution is 0.482.